The number of carbonyl (C=O) groups excluding carboxylic acids is 1. The summed E-state index contributed by atoms with van der Waals surface area (Å²) in [7, 11) is -3.55. The first kappa shape index (κ1) is 14.6. The second-order valence-corrected chi connectivity index (χ2v) is 6.77. The molecule has 1 aliphatic heterocycles. The molecule has 0 saturated carbocycles. The molecule has 1 aromatic heterocycles. The van der Waals surface area contributed by atoms with Crippen LogP contribution in [-0.4, -0.2) is 52.3 Å². The van der Waals surface area contributed by atoms with Crippen molar-refractivity contribution in [3.8, 4) is 0 Å². The fourth-order valence-electron chi connectivity index (χ4n) is 2.26. The van der Waals surface area contributed by atoms with E-state index >= 15 is 0 Å². The number of hydrogen-bond acceptors (Lipinski definition) is 6. The van der Waals surface area contributed by atoms with Crippen molar-refractivity contribution >= 4 is 21.9 Å². The zero-order valence-electron chi connectivity index (χ0n) is 11.6. The maximum atomic E-state index is 12.5. The van der Waals surface area contributed by atoms with Gasteiger partial charge in [-0.15, -0.1) is 5.10 Å². The van der Waals surface area contributed by atoms with Crippen molar-refractivity contribution in [2.75, 3.05) is 18.4 Å². The Bertz CT molecular complexity index is 768. The van der Waals surface area contributed by atoms with E-state index in [1.165, 1.54) is 28.6 Å². The van der Waals surface area contributed by atoms with E-state index in [0.29, 0.717) is 13.1 Å². The Morgan fingerprint density at radius 2 is 2.05 bits per heavy atom. The van der Waals surface area contributed by atoms with Crippen LogP contribution in [0.1, 0.15) is 23.2 Å². The second-order valence-electron chi connectivity index (χ2n) is 4.83. The summed E-state index contributed by atoms with van der Waals surface area (Å²) < 4.78 is 26.4. The zero-order chi connectivity index (χ0) is 15.6. The van der Waals surface area contributed by atoms with E-state index in [1.54, 1.807) is 0 Å². The van der Waals surface area contributed by atoms with Gasteiger partial charge < -0.3 is 0 Å². The van der Waals surface area contributed by atoms with Gasteiger partial charge in [0.1, 0.15) is 0 Å². The summed E-state index contributed by atoms with van der Waals surface area (Å²) in [4.78, 5) is 12.2. The normalized spacial score (nSPS) is 15.8. The first-order valence-electron chi connectivity index (χ1n) is 6.72. The maximum Gasteiger partial charge on any atom is 0.270 e. The van der Waals surface area contributed by atoms with Crippen molar-refractivity contribution in [2.24, 2.45) is 0 Å². The predicted octanol–water partition coefficient (Wildman–Crippen LogP) is 0.236. The second kappa shape index (κ2) is 5.81. The first-order valence-corrected chi connectivity index (χ1v) is 8.16. The van der Waals surface area contributed by atoms with Gasteiger partial charge in [0, 0.05) is 18.7 Å². The molecular formula is C12H14N6O3S. The molecule has 1 amide bonds. The van der Waals surface area contributed by atoms with Crippen molar-refractivity contribution in [3.63, 3.8) is 0 Å². The van der Waals surface area contributed by atoms with E-state index in [4.69, 9.17) is 0 Å². The van der Waals surface area contributed by atoms with E-state index in [0.717, 1.165) is 12.8 Å². The van der Waals surface area contributed by atoms with Gasteiger partial charge in [-0.25, -0.2) is 8.42 Å². The van der Waals surface area contributed by atoms with Crippen LogP contribution in [-0.2, 0) is 10.0 Å². The Labute approximate surface area is 126 Å². The van der Waals surface area contributed by atoms with E-state index < -0.39 is 15.9 Å². The summed E-state index contributed by atoms with van der Waals surface area (Å²) in [6, 6.07) is 5.90. The number of nitrogens with zero attached hydrogens (tertiary/aromatic N) is 4. The number of H-pyrrole nitrogens is 1. The van der Waals surface area contributed by atoms with Crippen LogP contribution < -0.4 is 5.32 Å². The van der Waals surface area contributed by atoms with Crippen molar-refractivity contribution in [2.45, 2.75) is 17.7 Å². The molecule has 1 saturated heterocycles. The number of anilines is 1. The van der Waals surface area contributed by atoms with Gasteiger partial charge in [0.2, 0.25) is 10.0 Å². The van der Waals surface area contributed by atoms with Gasteiger partial charge in [-0.3, -0.25) is 10.1 Å². The quantitative estimate of drug-likeness (QED) is 0.831. The minimum atomic E-state index is -3.55. The van der Waals surface area contributed by atoms with E-state index in [2.05, 4.69) is 25.9 Å². The van der Waals surface area contributed by atoms with Gasteiger partial charge in [-0.1, -0.05) is 11.2 Å². The molecule has 2 heterocycles. The van der Waals surface area contributed by atoms with Crippen LogP contribution >= 0.6 is 0 Å². The lowest BCUT2D eigenvalue weighted by atomic mass is 10.2. The molecule has 1 aliphatic rings. The fourth-order valence-corrected chi connectivity index (χ4v) is 3.83. The molecule has 10 heteroatoms. The Kier molecular flexibility index (Phi) is 3.86. The van der Waals surface area contributed by atoms with Crippen LogP contribution in [0, 0.1) is 0 Å². The third-order valence-corrected chi connectivity index (χ3v) is 5.26. The van der Waals surface area contributed by atoms with Crippen molar-refractivity contribution in [3.05, 3.63) is 29.8 Å². The van der Waals surface area contributed by atoms with Crippen molar-refractivity contribution in [1.29, 1.82) is 0 Å². The highest BCUT2D eigenvalue weighted by atomic mass is 32.2. The molecule has 22 heavy (non-hydrogen) atoms. The molecular weight excluding hydrogens is 308 g/mol. The summed E-state index contributed by atoms with van der Waals surface area (Å²) in [5, 5.41) is 15.2. The van der Waals surface area contributed by atoms with Gasteiger partial charge in [-0.05, 0) is 36.3 Å². The highest BCUT2D eigenvalue weighted by molar-refractivity contribution is 7.89. The molecule has 0 bridgehead atoms. The standard InChI is InChI=1S/C12H14N6O3S/c19-11(13-12-14-16-17-15-12)9-4-3-5-10(8-9)22(20,21)18-6-1-2-7-18/h3-5,8H,1-2,6-7H2,(H2,13,14,15,16,17,19). The molecule has 2 N–H and O–H groups in total. The topological polar surface area (TPSA) is 121 Å². The van der Waals surface area contributed by atoms with Crippen LogP contribution in [0.5, 0.6) is 0 Å². The number of tetrazole rings is 1. The van der Waals surface area contributed by atoms with Crippen LogP contribution in [0.2, 0.25) is 0 Å². The van der Waals surface area contributed by atoms with Gasteiger partial charge in [0.15, 0.2) is 0 Å². The third-order valence-electron chi connectivity index (χ3n) is 3.37. The molecule has 0 spiro atoms. The predicted molar refractivity (Wildman–Crippen MR) is 76.6 cm³/mol. The Morgan fingerprint density at radius 1 is 1.27 bits per heavy atom. The number of rotatable bonds is 4. The summed E-state index contributed by atoms with van der Waals surface area (Å²) in [6.07, 6.45) is 1.72. The summed E-state index contributed by atoms with van der Waals surface area (Å²) >= 11 is 0. The number of carbonyl (C=O) groups is 1. The highest BCUT2D eigenvalue weighted by Gasteiger charge is 2.27. The zero-order valence-corrected chi connectivity index (χ0v) is 12.4. The fraction of sp³-hybridized carbons (Fsp3) is 0.333. The monoisotopic (exact) mass is 322 g/mol. The Hall–Kier alpha value is -2.33. The smallest absolute Gasteiger partial charge is 0.270 e. The van der Waals surface area contributed by atoms with E-state index in [1.807, 2.05) is 0 Å². The van der Waals surface area contributed by atoms with Crippen LogP contribution in [0.25, 0.3) is 0 Å². The van der Waals surface area contributed by atoms with E-state index in [-0.39, 0.29) is 16.4 Å². The highest BCUT2D eigenvalue weighted by Crippen LogP contribution is 2.21. The molecule has 116 valence electrons. The summed E-state index contributed by atoms with van der Waals surface area (Å²) in [5.41, 5.74) is 0.213. The molecule has 1 aromatic carbocycles. The SMILES string of the molecule is O=C(Nc1nn[nH]n1)c1cccc(S(=O)(=O)N2CCCC2)c1. The summed E-state index contributed by atoms with van der Waals surface area (Å²) in [5.74, 6) is -0.474. The molecule has 1 fully saturated rings. The number of benzene rings is 1. The molecule has 0 aliphatic carbocycles. The lowest BCUT2D eigenvalue weighted by Crippen LogP contribution is -2.28. The maximum absolute atomic E-state index is 12.5. The molecule has 9 nitrogen and oxygen atoms in total. The van der Waals surface area contributed by atoms with Gasteiger partial charge in [0.25, 0.3) is 11.9 Å². The number of aromatic nitrogens is 4. The largest absolute Gasteiger partial charge is 0.288 e. The summed E-state index contributed by atoms with van der Waals surface area (Å²) in [6.45, 7) is 1.03. The lowest BCUT2D eigenvalue weighted by Gasteiger charge is -2.15. The van der Waals surface area contributed by atoms with Crippen LogP contribution in [0.4, 0.5) is 5.95 Å². The van der Waals surface area contributed by atoms with Crippen molar-refractivity contribution < 1.29 is 13.2 Å². The number of hydrogen-bond donors (Lipinski definition) is 2. The number of sulfonamides is 1. The van der Waals surface area contributed by atoms with Crippen molar-refractivity contribution in [1.82, 2.24) is 24.9 Å². The van der Waals surface area contributed by atoms with Gasteiger partial charge >= 0.3 is 0 Å². The van der Waals surface area contributed by atoms with E-state index in [9.17, 15) is 13.2 Å². The average Bonchev–Trinajstić information content (AvgIpc) is 3.21. The Morgan fingerprint density at radius 3 is 2.73 bits per heavy atom. The average molecular weight is 322 g/mol. The number of amides is 1. The van der Waals surface area contributed by atoms with Gasteiger partial charge in [0.05, 0.1) is 4.90 Å². The Balaban J connectivity index is 1.84. The molecule has 2 aromatic rings. The number of nitrogens with one attached hydrogen (secondary N) is 2. The molecule has 0 radical (unpaired) electrons. The number of aromatic amines is 1. The first-order chi connectivity index (χ1) is 10.6. The van der Waals surface area contributed by atoms with Crippen LogP contribution in [0.15, 0.2) is 29.2 Å². The minimum absolute atomic E-state index is 0.0257. The molecule has 0 atom stereocenters. The minimum Gasteiger partial charge on any atom is -0.288 e. The molecule has 0 unspecified atom stereocenters. The third kappa shape index (κ3) is 2.83. The molecule has 3 rings (SSSR count). The van der Waals surface area contributed by atoms with Crippen LogP contribution in [0.3, 0.4) is 0 Å². The van der Waals surface area contributed by atoms with Gasteiger partial charge in [-0.2, -0.15) is 9.52 Å². The lowest BCUT2D eigenvalue weighted by molar-refractivity contribution is 0.102.